The molecule has 23 heavy (non-hydrogen) atoms. The van der Waals surface area contributed by atoms with E-state index in [0.29, 0.717) is 26.1 Å². The molecule has 4 heteroatoms. The molecule has 130 valence electrons. The largest absolute Gasteiger partial charge is 0.490 e. The summed E-state index contributed by atoms with van der Waals surface area (Å²) in [6.45, 7) is 9.49. The Labute approximate surface area is 140 Å². The van der Waals surface area contributed by atoms with Crippen molar-refractivity contribution in [2.75, 3.05) is 13.2 Å². The van der Waals surface area contributed by atoms with Crippen molar-refractivity contribution in [3.05, 3.63) is 23.8 Å². The summed E-state index contributed by atoms with van der Waals surface area (Å²) in [6.07, 6.45) is 4.28. The molecule has 1 N–H and O–H groups in total. The molecule has 0 aliphatic heterocycles. The molecule has 1 aromatic carbocycles. The van der Waals surface area contributed by atoms with Crippen LogP contribution >= 0.6 is 0 Å². The lowest BCUT2D eigenvalue weighted by atomic mass is 10.1. The minimum absolute atomic E-state index is 0.0978. The highest BCUT2D eigenvalue weighted by Crippen LogP contribution is 2.29. The van der Waals surface area contributed by atoms with Crippen LogP contribution < -0.4 is 14.8 Å². The molecule has 1 unspecified atom stereocenters. The maximum Gasteiger partial charge on any atom is 0.220 e. The number of carbonyl (C=O) groups is 1. The minimum atomic E-state index is 0.0978. The standard InChI is InChI=1S/C19H31NO3/c1-5-8-13-23-17-11-9-16(14-18(17)22-7-3)10-12-19(21)20-15(4)6-2/h9,11,14-15H,5-8,10,12-13H2,1-4H3,(H,20,21). The first-order valence-electron chi connectivity index (χ1n) is 8.78. The smallest absolute Gasteiger partial charge is 0.220 e. The fourth-order valence-corrected chi connectivity index (χ4v) is 2.13. The fourth-order valence-electron chi connectivity index (χ4n) is 2.13. The second-order valence-electron chi connectivity index (χ2n) is 5.79. The molecule has 0 aliphatic rings. The molecule has 0 heterocycles. The lowest BCUT2D eigenvalue weighted by Gasteiger charge is -2.14. The number of carbonyl (C=O) groups excluding carboxylic acids is 1. The minimum Gasteiger partial charge on any atom is -0.490 e. The van der Waals surface area contributed by atoms with E-state index in [9.17, 15) is 4.79 Å². The molecule has 0 aromatic heterocycles. The lowest BCUT2D eigenvalue weighted by molar-refractivity contribution is -0.121. The van der Waals surface area contributed by atoms with E-state index in [0.717, 1.165) is 36.3 Å². The highest BCUT2D eigenvalue weighted by molar-refractivity contribution is 5.76. The first kappa shape index (κ1) is 19.3. The zero-order valence-electron chi connectivity index (χ0n) is 15.0. The number of hydrogen-bond donors (Lipinski definition) is 1. The Morgan fingerprint density at radius 2 is 1.96 bits per heavy atom. The Kier molecular flexibility index (Phi) is 9.18. The van der Waals surface area contributed by atoms with E-state index in [1.165, 1.54) is 0 Å². The molecule has 0 radical (unpaired) electrons. The molecule has 0 saturated heterocycles. The van der Waals surface area contributed by atoms with Crippen LogP contribution in [0.2, 0.25) is 0 Å². The van der Waals surface area contributed by atoms with Crippen molar-refractivity contribution < 1.29 is 14.3 Å². The SMILES string of the molecule is CCCCOc1ccc(CCC(=O)NC(C)CC)cc1OCC. The molecule has 0 fully saturated rings. The van der Waals surface area contributed by atoms with E-state index >= 15 is 0 Å². The summed E-state index contributed by atoms with van der Waals surface area (Å²) in [4.78, 5) is 11.9. The van der Waals surface area contributed by atoms with Gasteiger partial charge in [0.05, 0.1) is 13.2 Å². The van der Waals surface area contributed by atoms with Crippen molar-refractivity contribution in [3.8, 4) is 11.5 Å². The van der Waals surface area contributed by atoms with E-state index in [2.05, 4.69) is 19.2 Å². The molecule has 0 saturated carbocycles. The van der Waals surface area contributed by atoms with Crippen LogP contribution in [0.4, 0.5) is 0 Å². The quantitative estimate of drug-likeness (QED) is 0.624. The van der Waals surface area contributed by atoms with Gasteiger partial charge in [-0.15, -0.1) is 0 Å². The van der Waals surface area contributed by atoms with Gasteiger partial charge in [0, 0.05) is 12.5 Å². The number of amides is 1. The van der Waals surface area contributed by atoms with Crippen molar-refractivity contribution >= 4 is 5.91 Å². The topological polar surface area (TPSA) is 47.6 Å². The van der Waals surface area contributed by atoms with Crippen LogP contribution in [0, 0.1) is 0 Å². The van der Waals surface area contributed by atoms with Gasteiger partial charge in [0.15, 0.2) is 11.5 Å². The first-order chi connectivity index (χ1) is 11.1. The lowest BCUT2D eigenvalue weighted by Crippen LogP contribution is -2.31. The summed E-state index contributed by atoms with van der Waals surface area (Å²) >= 11 is 0. The Bertz CT molecular complexity index is 474. The molecule has 1 atom stereocenters. The summed E-state index contributed by atoms with van der Waals surface area (Å²) in [5.74, 6) is 1.65. The monoisotopic (exact) mass is 321 g/mol. The molecular formula is C19H31NO3. The van der Waals surface area contributed by atoms with E-state index in [-0.39, 0.29) is 11.9 Å². The van der Waals surface area contributed by atoms with Gasteiger partial charge in [0.2, 0.25) is 5.91 Å². The van der Waals surface area contributed by atoms with Gasteiger partial charge in [-0.3, -0.25) is 4.79 Å². The maximum atomic E-state index is 11.9. The van der Waals surface area contributed by atoms with E-state index in [4.69, 9.17) is 9.47 Å². The molecular weight excluding hydrogens is 290 g/mol. The van der Waals surface area contributed by atoms with Crippen molar-refractivity contribution in [1.29, 1.82) is 0 Å². The highest BCUT2D eigenvalue weighted by Gasteiger charge is 2.09. The van der Waals surface area contributed by atoms with Crippen molar-refractivity contribution in [2.45, 2.75) is 65.8 Å². The molecule has 4 nitrogen and oxygen atoms in total. The predicted molar refractivity (Wildman–Crippen MR) is 94.2 cm³/mol. The van der Waals surface area contributed by atoms with Gasteiger partial charge in [-0.1, -0.05) is 26.3 Å². The third-order valence-electron chi connectivity index (χ3n) is 3.72. The predicted octanol–water partition coefficient (Wildman–Crippen LogP) is 4.11. The van der Waals surface area contributed by atoms with Crippen LogP contribution in [0.5, 0.6) is 11.5 Å². The van der Waals surface area contributed by atoms with Crippen LogP contribution in [0.25, 0.3) is 0 Å². The zero-order valence-corrected chi connectivity index (χ0v) is 15.0. The van der Waals surface area contributed by atoms with Crippen molar-refractivity contribution in [3.63, 3.8) is 0 Å². The summed E-state index contributed by atoms with van der Waals surface area (Å²) in [5.41, 5.74) is 1.09. The number of benzene rings is 1. The van der Waals surface area contributed by atoms with Gasteiger partial charge < -0.3 is 14.8 Å². The Morgan fingerprint density at radius 1 is 1.17 bits per heavy atom. The average Bonchev–Trinajstić information content (AvgIpc) is 2.55. The average molecular weight is 321 g/mol. The second-order valence-corrected chi connectivity index (χ2v) is 5.79. The van der Waals surface area contributed by atoms with Gasteiger partial charge in [0.25, 0.3) is 0 Å². The molecule has 0 spiro atoms. The molecule has 1 rings (SSSR count). The highest BCUT2D eigenvalue weighted by atomic mass is 16.5. The first-order valence-corrected chi connectivity index (χ1v) is 8.78. The Balaban J connectivity index is 2.62. The Morgan fingerprint density at radius 3 is 2.61 bits per heavy atom. The maximum absolute atomic E-state index is 11.9. The van der Waals surface area contributed by atoms with Gasteiger partial charge >= 0.3 is 0 Å². The summed E-state index contributed by atoms with van der Waals surface area (Å²) in [5, 5.41) is 2.99. The summed E-state index contributed by atoms with van der Waals surface area (Å²) in [7, 11) is 0. The fraction of sp³-hybridized carbons (Fsp3) is 0.632. The number of ether oxygens (including phenoxy) is 2. The van der Waals surface area contributed by atoms with Crippen LogP contribution in [0.1, 0.15) is 58.9 Å². The molecule has 0 aliphatic carbocycles. The van der Waals surface area contributed by atoms with Gasteiger partial charge in [-0.25, -0.2) is 0 Å². The number of aryl methyl sites for hydroxylation is 1. The van der Waals surface area contributed by atoms with Crippen LogP contribution in [0.3, 0.4) is 0 Å². The van der Waals surface area contributed by atoms with E-state index < -0.39 is 0 Å². The summed E-state index contributed by atoms with van der Waals surface area (Å²) in [6, 6.07) is 6.18. The third kappa shape index (κ3) is 7.40. The number of hydrogen-bond acceptors (Lipinski definition) is 3. The normalized spacial score (nSPS) is 11.8. The van der Waals surface area contributed by atoms with Gasteiger partial charge in [-0.2, -0.15) is 0 Å². The number of unbranched alkanes of at least 4 members (excludes halogenated alkanes) is 1. The van der Waals surface area contributed by atoms with Crippen LogP contribution in [-0.4, -0.2) is 25.2 Å². The van der Waals surface area contributed by atoms with Crippen LogP contribution in [-0.2, 0) is 11.2 Å². The number of rotatable bonds is 11. The van der Waals surface area contributed by atoms with Crippen LogP contribution in [0.15, 0.2) is 18.2 Å². The molecule has 0 bridgehead atoms. The molecule has 1 amide bonds. The Hall–Kier alpha value is -1.71. The van der Waals surface area contributed by atoms with E-state index in [1.807, 2.05) is 32.0 Å². The third-order valence-corrected chi connectivity index (χ3v) is 3.72. The van der Waals surface area contributed by atoms with Crippen molar-refractivity contribution in [2.24, 2.45) is 0 Å². The summed E-state index contributed by atoms with van der Waals surface area (Å²) < 4.78 is 11.4. The number of nitrogens with one attached hydrogen (secondary N) is 1. The molecule has 1 aromatic rings. The van der Waals surface area contributed by atoms with Gasteiger partial charge in [-0.05, 0) is 50.8 Å². The second kappa shape index (κ2) is 10.9. The van der Waals surface area contributed by atoms with Gasteiger partial charge in [0.1, 0.15) is 0 Å². The zero-order chi connectivity index (χ0) is 17.1. The van der Waals surface area contributed by atoms with E-state index in [1.54, 1.807) is 0 Å². The van der Waals surface area contributed by atoms with Crippen molar-refractivity contribution in [1.82, 2.24) is 5.32 Å².